The highest BCUT2D eigenvalue weighted by Gasteiger charge is 2.24. The molecule has 1 atom stereocenters. The van der Waals surface area contributed by atoms with Crippen LogP contribution >= 0.6 is 15.9 Å². The summed E-state index contributed by atoms with van der Waals surface area (Å²) in [5.74, 6) is -0.426. The van der Waals surface area contributed by atoms with Gasteiger partial charge in [0.05, 0.1) is 0 Å². The molecule has 0 spiro atoms. The van der Waals surface area contributed by atoms with E-state index in [-0.39, 0.29) is 4.83 Å². The van der Waals surface area contributed by atoms with Crippen LogP contribution in [0.4, 0.5) is 8.78 Å². The average molecular weight is 331 g/mol. The predicted molar refractivity (Wildman–Crippen MR) is 78.6 cm³/mol. The molecule has 0 aliphatic heterocycles. The van der Waals surface area contributed by atoms with E-state index < -0.39 is 11.6 Å². The van der Waals surface area contributed by atoms with Crippen LogP contribution in [0.25, 0.3) is 0 Å². The second kappa shape index (κ2) is 6.83. The molecule has 1 aliphatic rings. The highest BCUT2D eigenvalue weighted by Crippen LogP contribution is 2.40. The number of hydrogen-bond acceptors (Lipinski definition) is 0. The van der Waals surface area contributed by atoms with E-state index in [1.54, 1.807) is 13.0 Å². The van der Waals surface area contributed by atoms with E-state index in [0.29, 0.717) is 17.0 Å². The zero-order chi connectivity index (χ0) is 13.8. The van der Waals surface area contributed by atoms with Crippen LogP contribution in [-0.2, 0) is 0 Å². The quantitative estimate of drug-likeness (QED) is 0.577. The van der Waals surface area contributed by atoms with Crippen molar-refractivity contribution < 1.29 is 8.78 Å². The van der Waals surface area contributed by atoms with Gasteiger partial charge in [0.15, 0.2) is 0 Å². The molecule has 0 aromatic heterocycles. The van der Waals surface area contributed by atoms with Crippen LogP contribution in [0.15, 0.2) is 12.1 Å². The molecule has 1 aliphatic carbocycles. The molecular formula is C16H21BrF2. The van der Waals surface area contributed by atoms with Crippen LogP contribution in [0.5, 0.6) is 0 Å². The van der Waals surface area contributed by atoms with Gasteiger partial charge in [-0.2, -0.15) is 0 Å². The monoisotopic (exact) mass is 330 g/mol. The average Bonchev–Trinajstić information content (AvgIpc) is 2.32. The van der Waals surface area contributed by atoms with E-state index in [2.05, 4.69) is 15.9 Å². The Morgan fingerprint density at radius 3 is 2.21 bits per heavy atom. The second-order valence-electron chi connectivity index (χ2n) is 5.63. The third-order valence-corrected chi connectivity index (χ3v) is 5.38. The summed E-state index contributed by atoms with van der Waals surface area (Å²) in [6.45, 7) is 1.69. The first-order valence-electron chi connectivity index (χ1n) is 7.19. The van der Waals surface area contributed by atoms with Crippen molar-refractivity contribution in [2.45, 2.75) is 56.7 Å². The number of alkyl halides is 1. The molecule has 0 saturated heterocycles. The smallest absolute Gasteiger partial charge is 0.130 e. The lowest BCUT2D eigenvalue weighted by Crippen LogP contribution is -2.12. The number of aryl methyl sites for hydroxylation is 1. The zero-order valence-electron chi connectivity index (χ0n) is 11.4. The molecule has 106 valence electrons. The van der Waals surface area contributed by atoms with Crippen molar-refractivity contribution in [2.75, 3.05) is 0 Å². The summed E-state index contributed by atoms with van der Waals surface area (Å²) in [4.78, 5) is 0.00454. The van der Waals surface area contributed by atoms with E-state index >= 15 is 0 Å². The van der Waals surface area contributed by atoms with Gasteiger partial charge in [0.2, 0.25) is 0 Å². The summed E-state index contributed by atoms with van der Waals surface area (Å²) >= 11 is 3.65. The van der Waals surface area contributed by atoms with Crippen LogP contribution in [0, 0.1) is 24.5 Å². The van der Waals surface area contributed by atoms with Crippen LogP contribution in [0.1, 0.15) is 60.9 Å². The number of rotatable bonds is 2. The van der Waals surface area contributed by atoms with Gasteiger partial charge in [-0.25, -0.2) is 8.78 Å². The molecule has 1 unspecified atom stereocenters. The van der Waals surface area contributed by atoms with Crippen molar-refractivity contribution in [3.05, 3.63) is 34.9 Å². The molecule has 2 rings (SSSR count). The topological polar surface area (TPSA) is 0 Å². The Morgan fingerprint density at radius 2 is 1.58 bits per heavy atom. The van der Waals surface area contributed by atoms with Crippen molar-refractivity contribution in [2.24, 2.45) is 5.92 Å². The third-order valence-electron chi connectivity index (χ3n) is 4.14. The fourth-order valence-corrected chi connectivity index (χ4v) is 3.80. The highest BCUT2D eigenvalue weighted by molar-refractivity contribution is 9.09. The summed E-state index contributed by atoms with van der Waals surface area (Å²) < 4.78 is 27.3. The summed E-state index contributed by atoms with van der Waals surface area (Å²) in [5.41, 5.74) is 1.14. The lowest BCUT2D eigenvalue weighted by Gasteiger charge is -2.25. The van der Waals surface area contributed by atoms with Gasteiger partial charge in [-0.3, -0.25) is 0 Å². The van der Waals surface area contributed by atoms with Crippen LogP contribution in [-0.4, -0.2) is 0 Å². The Balaban J connectivity index is 2.17. The fraction of sp³-hybridized carbons (Fsp3) is 0.625. The Kier molecular flexibility index (Phi) is 5.37. The second-order valence-corrected chi connectivity index (χ2v) is 6.62. The maximum absolute atomic E-state index is 13.9. The molecule has 0 N–H and O–H groups in total. The highest BCUT2D eigenvalue weighted by atomic mass is 79.9. The molecule has 0 bridgehead atoms. The van der Waals surface area contributed by atoms with Crippen molar-refractivity contribution in [3.8, 4) is 0 Å². The zero-order valence-corrected chi connectivity index (χ0v) is 13.0. The molecule has 0 amide bonds. The molecule has 3 heteroatoms. The first-order chi connectivity index (χ1) is 9.09. The number of benzene rings is 1. The minimum absolute atomic E-state index is 0.00454. The van der Waals surface area contributed by atoms with Crippen molar-refractivity contribution in [3.63, 3.8) is 0 Å². The van der Waals surface area contributed by atoms with Gasteiger partial charge in [-0.05, 0) is 37.3 Å². The minimum atomic E-state index is -0.460. The van der Waals surface area contributed by atoms with Crippen LogP contribution < -0.4 is 0 Å². The van der Waals surface area contributed by atoms with E-state index in [9.17, 15) is 8.78 Å². The predicted octanol–water partition coefficient (Wildman–Crippen LogP) is 6.07. The third kappa shape index (κ3) is 3.77. The van der Waals surface area contributed by atoms with Gasteiger partial charge < -0.3 is 0 Å². The Morgan fingerprint density at radius 1 is 1.00 bits per heavy atom. The van der Waals surface area contributed by atoms with Crippen molar-refractivity contribution in [1.29, 1.82) is 0 Å². The number of hydrogen-bond donors (Lipinski definition) is 0. The van der Waals surface area contributed by atoms with E-state index in [4.69, 9.17) is 0 Å². The summed E-state index contributed by atoms with van der Waals surface area (Å²) in [5, 5.41) is 0. The summed E-state index contributed by atoms with van der Waals surface area (Å²) in [6, 6.07) is 2.67. The van der Waals surface area contributed by atoms with E-state index in [1.165, 1.54) is 32.1 Å². The Hall–Kier alpha value is -0.440. The molecule has 1 saturated carbocycles. The molecule has 1 aromatic rings. The lowest BCUT2D eigenvalue weighted by molar-refractivity contribution is 0.370. The van der Waals surface area contributed by atoms with Gasteiger partial charge in [-0.1, -0.05) is 48.0 Å². The standard InChI is InChI=1S/C16H21BrF2/c1-11-9-13(15(19)10-14(11)18)16(17)12-7-5-3-2-4-6-8-12/h9-10,12,16H,2-8H2,1H3. The minimum Gasteiger partial charge on any atom is -0.207 e. The molecule has 0 radical (unpaired) electrons. The molecule has 0 heterocycles. The van der Waals surface area contributed by atoms with Crippen LogP contribution in [0.2, 0.25) is 0 Å². The van der Waals surface area contributed by atoms with Crippen LogP contribution in [0.3, 0.4) is 0 Å². The normalized spacial score (nSPS) is 19.8. The van der Waals surface area contributed by atoms with E-state index in [1.807, 2.05) is 0 Å². The molecule has 0 nitrogen and oxygen atoms in total. The van der Waals surface area contributed by atoms with Gasteiger partial charge in [0, 0.05) is 16.5 Å². The van der Waals surface area contributed by atoms with Gasteiger partial charge in [0.25, 0.3) is 0 Å². The SMILES string of the molecule is Cc1cc(C(Br)C2CCCCCCC2)c(F)cc1F. The van der Waals surface area contributed by atoms with Crippen molar-refractivity contribution in [1.82, 2.24) is 0 Å². The maximum Gasteiger partial charge on any atom is 0.130 e. The van der Waals surface area contributed by atoms with E-state index in [0.717, 1.165) is 18.9 Å². The van der Waals surface area contributed by atoms with Crippen molar-refractivity contribution >= 4 is 15.9 Å². The molecule has 1 fully saturated rings. The lowest BCUT2D eigenvalue weighted by atomic mass is 9.86. The first kappa shape index (κ1) is 15.0. The largest absolute Gasteiger partial charge is 0.207 e. The molecular weight excluding hydrogens is 310 g/mol. The Bertz CT molecular complexity index is 423. The number of halogens is 3. The van der Waals surface area contributed by atoms with Gasteiger partial charge in [0.1, 0.15) is 11.6 Å². The Labute approximate surface area is 122 Å². The first-order valence-corrected chi connectivity index (χ1v) is 8.11. The fourth-order valence-electron chi connectivity index (χ4n) is 2.93. The molecule has 19 heavy (non-hydrogen) atoms. The summed E-state index contributed by atoms with van der Waals surface area (Å²) in [7, 11) is 0. The maximum atomic E-state index is 13.9. The summed E-state index contributed by atoms with van der Waals surface area (Å²) in [6.07, 6.45) is 8.58. The van der Waals surface area contributed by atoms with Gasteiger partial charge in [-0.15, -0.1) is 0 Å². The van der Waals surface area contributed by atoms with Gasteiger partial charge >= 0.3 is 0 Å². The molecule has 1 aromatic carbocycles.